The van der Waals surface area contributed by atoms with Crippen molar-refractivity contribution in [3.8, 4) is 0 Å². The van der Waals surface area contributed by atoms with Crippen LogP contribution in [0.1, 0.15) is 24.5 Å². The number of hydrogen-bond acceptors (Lipinski definition) is 3. The van der Waals surface area contributed by atoms with Gasteiger partial charge < -0.3 is 14.8 Å². The van der Waals surface area contributed by atoms with E-state index >= 15 is 0 Å². The zero-order valence-electron chi connectivity index (χ0n) is 10.4. The lowest BCUT2D eigenvalue weighted by atomic mass is 10.1. The van der Waals surface area contributed by atoms with Crippen LogP contribution in [0, 0.1) is 0 Å². The lowest BCUT2D eigenvalue weighted by Gasteiger charge is -2.26. The lowest BCUT2D eigenvalue weighted by molar-refractivity contribution is -0.135. The first-order chi connectivity index (χ1) is 8.40. The summed E-state index contributed by atoms with van der Waals surface area (Å²) in [6.07, 6.45) is 1.46. The topological polar surface area (TPSA) is 30.5 Å². The van der Waals surface area contributed by atoms with Crippen molar-refractivity contribution in [3.63, 3.8) is 0 Å². The molecule has 1 fully saturated rings. The molecule has 0 bridgehead atoms. The van der Waals surface area contributed by atoms with Gasteiger partial charge in [0, 0.05) is 6.54 Å². The van der Waals surface area contributed by atoms with E-state index in [1.54, 1.807) is 0 Å². The maximum atomic E-state index is 5.76. The van der Waals surface area contributed by atoms with Crippen molar-refractivity contribution in [2.24, 2.45) is 0 Å². The van der Waals surface area contributed by atoms with E-state index in [0.29, 0.717) is 12.7 Å². The molecule has 3 heteroatoms. The summed E-state index contributed by atoms with van der Waals surface area (Å²) < 4.78 is 10.9. The van der Waals surface area contributed by atoms with Crippen molar-refractivity contribution in [2.45, 2.75) is 32.6 Å². The molecular formula is C14H21NO2. The molecule has 0 radical (unpaired) electrons. The summed E-state index contributed by atoms with van der Waals surface area (Å²) in [5.74, 6) is 0. The number of nitrogens with one attached hydrogen (secondary N) is 1. The third kappa shape index (κ3) is 3.80. The first-order valence-electron chi connectivity index (χ1n) is 6.37. The zero-order chi connectivity index (χ0) is 11.9. The third-order valence-electron chi connectivity index (χ3n) is 2.94. The second-order valence-corrected chi connectivity index (χ2v) is 4.42. The molecule has 94 valence electrons. The van der Waals surface area contributed by atoms with Crippen LogP contribution < -0.4 is 5.32 Å². The average Bonchev–Trinajstić information content (AvgIpc) is 2.29. The molecular weight excluding hydrogens is 214 g/mol. The molecule has 1 aliphatic rings. The minimum absolute atomic E-state index is 0.298. The van der Waals surface area contributed by atoms with Crippen molar-refractivity contribution >= 4 is 0 Å². The standard InChI is InChI=1S/C14H21NO2/c1-2-7-15-8-12-5-3-4-6-13(12)9-17-14-10-16-11-14/h3-6,14-15H,2,7-11H2,1H3. The summed E-state index contributed by atoms with van der Waals surface area (Å²) in [5.41, 5.74) is 2.61. The van der Waals surface area contributed by atoms with E-state index in [-0.39, 0.29) is 0 Å². The third-order valence-corrected chi connectivity index (χ3v) is 2.94. The first kappa shape index (κ1) is 12.6. The Labute approximate surface area is 103 Å². The number of rotatable bonds is 7. The van der Waals surface area contributed by atoms with Crippen LogP contribution in [0.3, 0.4) is 0 Å². The molecule has 1 aliphatic heterocycles. The molecule has 0 aliphatic carbocycles. The van der Waals surface area contributed by atoms with Crippen molar-refractivity contribution in [1.82, 2.24) is 5.32 Å². The van der Waals surface area contributed by atoms with Crippen molar-refractivity contribution in [2.75, 3.05) is 19.8 Å². The quantitative estimate of drug-likeness (QED) is 0.734. The van der Waals surface area contributed by atoms with Crippen LogP contribution in [0.25, 0.3) is 0 Å². The molecule has 1 aromatic carbocycles. The first-order valence-corrected chi connectivity index (χ1v) is 6.37. The minimum atomic E-state index is 0.298. The summed E-state index contributed by atoms with van der Waals surface area (Å²) in [5, 5.41) is 3.43. The van der Waals surface area contributed by atoms with Crippen LogP contribution >= 0.6 is 0 Å². The average molecular weight is 235 g/mol. The van der Waals surface area contributed by atoms with Gasteiger partial charge in [0.25, 0.3) is 0 Å². The molecule has 1 aromatic rings. The van der Waals surface area contributed by atoms with Crippen LogP contribution in [0.4, 0.5) is 0 Å². The van der Waals surface area contributed by atoms with E-state index in [0.717, 1.165) is 32.7 Å². The lowest BCUT2D eigenvalue weighted by Crippen LogP contribution is -2.35. The Morgan fingerprint density at radius 1 is 1.29 bits per heavy atom. The molecule has 0 spiro atoms. The fourth-order valence-corrected chi connectivity index (χ4v) is 1.79. The Kier molecular flexibility index (Phi) is 4.98. The molecule has 0 saturated carbocycles. The highest BCUT2D eigenvalue weighted by molar-refractivity contribution is 5.26. The fraction of sp³-hybridized carbons (Fsp3) is 0.571. The largest absolute Gasteiger partial charge is 0.376 e. The monoisotopic (exact) mass is 235 g/mol. The summed E-state index contributed by atoms with van der Waals surface area (Å²) in [6, 6.07) is 8.46. The molecule has 0 atom stereocenters. The predicted molar refractivity (Wildman–Crippen MR) is 67.8 cm³/mol. The van der Waals surface area contributed by atoms with Gasteiger partial charge >= 0.3 is 0 Å². The normalized spacial score (nSPS) is 15.8. The van der Waals surface area contributed by atoms with Crippen molar-refractivity contribution in [1.29, 1.82) is 0 Å². The van der Waals surface area contributed by atoms with Gasteiger partial charge in [0.15, 0.2) is 0 Å². The molecule has 0 aromatic heterocycles. The van der Waals surface area contributed by atoms with Crippen molar-refractivity contribution in [3.05, 3.63) is 35.4 Å². The highest BCUT2D eigenvalue weighted by atomic mass is 16.6. The van der Waals surface area contributed by atoms with Crippen LogP contribution in [-0.4, -0.2) is 25.9 Å². The van der Waals surface area contributed by atoms with E-state index < -0.39 is 0 Å². The van der Waals surface area contributed by atoms with Gasteiger partial charge in [0.2, 0.25) is 0 Å². The van der Waals surface area contributed by atoms with Gasteiger partial charge in [-0.05, 0) is 24.1 Å². The summed E-state index contributed by atoms with van der Waals surface area (Å²) in [6.45, 7) is 6.35. The van der Waals surface area contributed by atoms with E-state index in [2.05, 4.69) is 36.5 Å². The van der Waals surface area contributed by atoms with Gasteiger partial charge in [-0.3, -0.25) is 0 Å². The van der Waals surface area contributed by atoms with Crippen LogP contribution in [0.2, 0.25) is 0 Å². The number of hydrogen-bond donors (Lipinski definition) is 1. The molecule has 1 N–H and O–H groups in total. The molecule has 0 amide bonds. The second kappa shape index (κ2) is 6.74. The van der Waals surface area contributed by atoms with Gasteiger partial charge in [0.05, 0.1) is 19.8 Å². The molecule has 1 heterocycles. The Morgan fingerprint density at radius 3 is 2.71 bits per heavy atom. The molecule has 0 unspecified atom stereocenters. The summed E-state index contributed by atoms with van der Waals surface area (Å²) in [4.78, 5) is 0. The Hall–Kier alpha value is -0.900. The van der Waals surface area contributed by atoms with Gasteiger partial charge in [0.1, 0.15) is 6.10 Å². The molecule has 3 nitrogen and oxygen atoms in total. The maximum absolute atomic E-state index is 5.76. The van der Waals surface area contributed by atoms with Gasteiger partial charge in [-0.1, -0.05) is 31.2 Å². The van der Waals surface area contributed by atoms with Crippen LogP contribution in [0.15, 0.2) is 24.3 Å². The molecule has 1 saturated heterocycles. The maximum Gasteiger partial charge on any atom is 0.105 e. The fourth-order valence-electron chi connectivity index (χ4n) is 1.79. The van der Waals surface area contributed by atoms with Crippen LogP contribution in [0.5, 0.6) is 0 Å². The summed E-state index contributed by atoms with van der Waals surface area (Å²) in [7, 11) is 0. The van der Waals surface area contributed by atoms with Crippen LogP contribution in [-0.2, 0) is 22.6 Å². The van der Waals surface area contributed by atoms with Gasteiger partial charge in [-0.15, -0.1) is 0 Å². The number of benzene rings is 1. The smallest absolute Gasteiger partial charge is 0.105 e. The molecule has 2 rings (SSSR count). The Morgan fingerprint density at radius 2 is 2.06 bits per heavy atom. The number of ether oxygens (including phenoxy) is 2. The highest BCUT2D eigenvalue weighted by Crippen LogP contribution is 2.13. The molecule has 17 heavy (non-hydrogen) atoms. The van der Waals surface area contributed by atoms with Gasteiger partial charge in [-0.2, -0.15) is 0 Å². The van der Waals surface area contributed by atoms with E-state index in [1.165, 1.54) is 11.1 Å². The Balaban J connectivity index is 1.85. The second-order valence-electron chi connectivity index (χ2n) is 4.42. The Bertz CT molecular complexity index is 337. The van der Waals surface area contributed by atoms with E-state index in [4.69, 9.17) is 9.47 Å². The SMILES string of the molecule is CCCNCc1ccccc1COC1COC1. The predicted octanol–water partition coefficient (Wildman–Crippen LogP) is 2.10. The van der Waals surface area contributed by atoms with Crippen molar-refractivity contribution < 1.29 is 9.47 Å². The van der Waals surface area contributed by atoms with Gasteiger partial charge in [-0.25, -0.2) is 0 Å². The highest BCUT2D eigenvalue weighted by Gasteiger charge is 2.18. The zero-order valence-corrected chi connectivity index (χ0v) is 10.4. The van der Waals surface area contributed by atoms with E-state index in [9.17, 15) is 0 Å². The van der Waals surface area contributed by atoms with E-state index in [1.807, 2.05) is 0 Å². The minimum Gasteiger partial charge on any atom is -0.376 e. The summed E-state index contributed by atoms with van der Waals surface area (Å²) >= 11 is 0.